The van der Waals surface area contributed by atoms with Gasteiger partial charge in [-0.1, -0.05) is 23.7 Å². The maximum Gasteiger partial charge on any atom is 0.172 e. The maximum absolute atomic E-state index is 6.23. The fourth-order valence-electron chi connectivity index (χ4n) is 3.19. The van der Waals surface area contributed by atoms with E-state index in [-0.39, 0.29) is 5.41 Å². The quantitative estimate of drug-likeness (QED) is 0.501. The number of aromatic nitrogens is 1. The molecule has 0 unspecified atom stereocenters. The summed E-state index contributed by atoms with van der Waals surface area (Å²) in [4.78, 5) is 4.39. The van der Waals surface area contributed by atoms with E-state index in [1.807, 2.05) is 25.1 Å². The van der Waals surface area contributed by atoms with Crippen molar-refractivity contribution in [2.75, 3.05) is 25.1 Å². The predicted molar refractivity (Wildman–Crippen MR) is 122 cm³/mol. The maximum atomic E-state index is 6.23. The summed E-state index contributed by atoms with van der Waals surface area (Å²) in [6.07, 6.45) is 3.60. The lowest BCUT2D eigenvalue weighted by atomic mass is 9.74. The Morgan fingerprint density at radius 3 is 2.78 bits per heavy atom. The molecule has 144 valence electrons. The third-order valence-electron chi connectivity index (χ3n) is 4.91. The highest BCUT2D eigenvalue weighted by molar-refractivity contribution is 9.11. The van der Waals surface area contributed by atoms with Crippen LogP contribution in [-0.2, 0) is 10.2 Å². The van der Waals surface area contributed by atoms with E-state index in [2.05, 4.69) is 53.5 Å². The zero-order valence-corrected chi connectivity index (χ0v) is 19.6. The molecular weight excluding hydrogens is 514 g/mol. The van der Waals surface area contributed by atoms with Gasteiger partial charge in [0.2, 0.25) is 0 Å². The SMILES string of the molecule is Cc1c(Br)cnc(NC(=S)NCC2(c3cccc(Cl)c3)CCOCC2)c1Br. The third-order valence-corrected chi connectivity index (χ3v) is 7.16. The minimum atomic E-state index is -0.0603. The van der Waals surface area contributed by atoms with E-state index in [0.717, 1.165) is 45.6 Å². The van der Waals surface area contributed by atoms with Crippen LogP contribution in [0.2, 0.25) is 5.02 Å². The van der Waals surface area contributed by atoms with Crippen LogP contribution in [0.1, 0.15) is 24.0 Å². The molecular formula is C19H20Br2ClN3OS. The van der Waals surface area contributed by atoms with Crippen molar-refractivity contribution in [3.05, 3.63) is 55.6 Å². The highest BCUT2D eigenvalue weighted by Crippen LogP contribution is 2.35. The molecule has 1 aromatic heterocycles. The van der Waals surface area contributed by atoms with Crippen molar-refractivity contribution < 1.29 is 4.74 Å². The van der Waals surface area contributed by atoms with Gasteiger partial charge in [-0.15, -0.1) is 0 Å². The minimum absolute atomic E-state index is 0.0603. The normalized spacial score (nSPS) is 16.0. The van der Waals surface area contributed by atoms with Gasteiger partial charge in [0.05, 0.1) is 4.47 Å². The zero-order chi connectivity index (χ0) is 19.4. The summed E-state index contributed by atoms with van der Waals surface area (Å²) in [6.45, 7) is 4.17. The van der Waals surface area contributed by atoms with Gasteiger partial charge in [-0.25, -0.2) is 4.98 Å². The number of hydrogen-bond donors (Lipinski definition) is 2. The molecule has 1 aliphatic rings. The lowest BCUT2D eigenvalue weighted by Crippen LogP contribution is -2.45. The minimum Gasteiger partial charge on any atom is -0.381 e. The topological polar surface area (TPSA) is 46.2 Å². The summed E-state index contributed by atoms with van der Waals surface area (Å²) in [5, 5.41) is 7.84. The van der Waals surface area contributed by atoms with Crippen LogP contribution in [0.3, 0.4) is 0 Å². The first-order valence-corrected chi connectivity index (χ1v) is 11.0. The summed E-state index contributed by atoms with van der Waals surface area (Å²) in [6, 6.07) is 8.07. The Kier molecular flexibility index (Phi) is 7.14. The number of thiocarbonyl (C=S) groups is 1. The van der Waals surface area contributed by atoms with Crippen LogP contribution in [0.5, 0.6) is 0 Å². The summed E-state index contributed by atoms with van der Waals surface area (Å²) in [5.41, 5.74) is 2.22. The van der Waals surface area contributed by atoms with E-state index in [1.165, 1.54) is 5.56 Å². The molecule has 27 heavy (non-hydrogen) atoms. The van der Waals surface area contributed by atoms with Crippen LogP contribution in [-0.4, -0.2) is 29.9 Å². The van der Waals surface area contributed by atoms with E-state index in [4.69, 9.17) is 28.6 Å². The molecule has 1 fully saturated rings. The Bertz CT molecular complexity index is 844. The zero-order valence-electron chi connectivity index (χ0n) is 14.8. The van der Waals surface area contributed by atoms with Gasteiger partial charge in [0.15, 0.2) is 5.11 Å². The molecule has 0 radical (unpaired) electrons. The Morgan fingerprint density at radius 2 is 2.07 bits per heavy atom. The number of rotatable bonds is 4. The third kappa shape index (κ3) is 5.01. The molecule has 1 aliphatic heterocycles. The van der Waals surface area contributed by atoms with Gasteiger partial charge in [-0.2, -0.15) is 0 Å². The van der Waals surface area contributed by atoms with Gasteiger partial charge in [-0.05, 0) is 87.1 Å². The Morgan fingerprint density at radius 1 is 1.33 bits per heavy atom. The molecule has 0 atom stereocenters. The second-order valence-corrected chi connectivity index (χ2v) is 9.10. The van der Waals surface area contributed by atoms with E-state index >= 15 is 0 Å². The smallest absolute Gasteiger partial charge is 0.172 e. The Labute approximate surface area is 186 Å². The molecule has 3 rings (SSSR count). The van der Waals surface area contributed by atoms with Gasteiger partial charge in [0.25, 0.3) is 0 Å². The molecule has 0 spiro atoms. The number of anilines is 1. The highest BCUT2D eigenvalue weighted by Gasteiger charge is 2.34. The number of nitrogens with one attached hydrogen (secondary N) is 2. The average Bonchev–Trinajstić information content (AvgIpc) is 2.68. The highest BCUT2D eigenvalue weighted by atomic mass is 79.9. The predicted octanol–water partition coefficient (Wildman–Crippen LogP) is 5.60. The van der Waals surface area contributed by atoms with Crippen LogP contribution in [0.15, 0.2) is 39.4 Å². The summed E-state index contributed by atoms with van der Waals surface area (Å²) in [5.74, 6) is 0.692. The average molecular weight is 534 g/mol. The number of hydrogen-bond acceptors (Lipinski definition) is 3. The largest absolute Gasteiger partial charge is 0.381 e. The van der Waals surface area contributed by atoms with Crippen molar-refractivity contribution in [1.82, 2.24) is 10.3 Å². The lowest BCUT2D eigenvalue weighted by Gasteiger charge is -2.38. The van der Waals surface area contributed by atoms with Crippen LogP contribution in [0, 0.1) is 6.92 Å². The van der Waals surface area contributed by atoms with E-state index in [1.54, 1.807) is 6.20 Å². The molecule has 4 nitrogen and oxygen atoms in total. The molecule has 2 aromatic rings. The fourth-order valence-corrected chi connectivity index (χ4v) is 4.53. The number of nitrogens with zero attached hydrogens (tertiary/aromatic N) is 1. The Balaban J connectivity index is 1.72. The monoisotopic (exact) mass is 531 g/mol. The molecule has 1 saturated heterocycles. The molecule has 0 amide bonds. The second kappa shape index (κ2) is 9.18. The van der Waals surface area contributed by atoms with Gasteiger partial charge in [0, 0.05) is 40.9 Å². The van der Waals surface area contributed by atoms with Crippen molar-refractivity contribution in [1.29, 1.82) is 0 Å². The van der Waals surface area contributed by atoms with Crippen LogP contribution in [0.25, 0.3) is 0 Å². The molecule has 0 bridgehead atoms. The fraction of sp³-hybridized carbons (Fsp3) is 0.368. The molecule has 0 saturated carbocycles. The first-order valence-electron chi connectivity index (χ1n) is 8.60. The van der Waals surface area contributed by atoms with E-state index < -0.39 is 0 Å². The van der Waals surface area contributed by atoms with Crippen molar-refractivity contribution in [2.24, 2.45) is 0 Å². The summed E-state index contributed by atoms with van der Waals surface area (Å²) in [7, 11) is 0. The van der Waals surface area contributed by atoms with Crippen LogP contribution >= 0.6 is 55.7 Å². The first kappa shape index (κ1) is 21.0. The lowest BCUT2D eigenvalue weighted by molar-refractivity contribution is 0.0515. The first-order chi connectivity index (χ1) is 12.9. The van der Waals surface area contributed by atoms with Gasteiger partial charge >= 0.3 is 0 Å². The summed E-state index contributed by atoms with van der Waals surface area (Å²) < 4.78 is 7.42. The van der Waals surface area contributed by atoms with Crippen molar-refractivity contribution in [2.45, 2.75) is 25.2 Å². The van der Waals surface area contributed by atoms with Gasteiger partial charge in [0.1, 0.15) is 5.82 Å². The molecule has 1 aromatic carbocycles. The molecule has 2 heterocycles. The number of halogens is 3. The summed E-state index contributed by atoms with van der Waals surface area (Å²) >= 11 is 18.8. The van der Waals surface area contributed by atoms with Gasteiger partial charge in [-0.3, -0.25) is 0 Å². The van der Waals surface area contributed by atoms with E-state index in [0.29, 0.717) is 17.5 Å². The van der Waals surface area contributed by atoms with Crippen LogP contribution in [0.4, 0.5) is 5.82 Å². The number of benzene rings is 1. The molecule has 0 aliphatic carbocycles. The molecule has 8 heteroatoms. The van der Waals surface area contributed by atoms with Crippen molar-refractivity contribution >= 4 is 66.6 Å². The van der Waals surface area contributed by atoms with Crippen molar-refractivity contribution in [3.8, 4) is 0 Å². The Hall–Kier alpha value is -0.730. The molecule has 2 N–H and O–H groups in total. The number of pyridine rings is 1. The van der Waals surface area contributed by atoms with Crippen molar-refractivity contribution in [3.63, 3.8) is 0 Å². The number of ether oxygens (including phenoxy) is 1. The second-order valence-electron chi connectivity index (χ2n) is 6.60. The standard InChI is InChI=1S/C19H20Br2ClN3OS/c1-12-15(20)10-23-17(16(12)21)25-18(27)24-11-19(5-7-26-8-6-19)13-3-2-4-14(22)9-13/h2-4,9-10H,5-8,11H2,1H3,(H2,23,24,25,27). The van der Waals surface area contributed by atoms with Crippen LogP contribution < -0.4 is 10.6 Å². The van der Waals surface area contributed by atoms with E-state index in [9.17, 15) is 0 Å². The van der Waals surface area contributed by atoms with Gasteiger partial charge < -0.3 is 15.4 Å².